The number of likely N-dealkylation sites (N-methyl/N-ethyl adjacent to an activating group) is 1. The molecular formula is C17H18N4O. The number of nitriles is 1. The lowest BCUT2D eigenvalue weighted by atomic mass is 10.1. The molecule has 2 fully saturated rings. The maximum absolute atomic E-state index is 9.49. The van der Waals surface area contributed by atoms with Crippen LogP contribution in [0.15, 0.2) is 30.5 Å². The van der Waals surface area contributed by atoms with E-state index in [1.165, 1.54) is 0 Å². The molecule has 5 heteroatoms. The van der Waals surface area contributed by atoms with Gasteiger partial charge in [0.05, 0.1) is 35.5 Å². The maximum Gasteiger partial charge on any atom is 0.103 e. The van der Waals surface area contributed by atoms with E-state index in [9.17, 15) is 5.26 Å². The molecule has 3 heterocycles. The number of ether oxygens (including phenoxy) is 1. The lowest BCUT2D eigenvalue weighted by Crippen LogP contribution is -2.48. The van der Waals surface area contributed by atoms with Crippen molar-refractivity contribution in [3.8, 4) is 6.07 Å². The highest BCUT2D eigenvalue weighted by molar-refractivity contribution is 5.94. The molecule has 0 amide bonds. The fraction of sp³-hybridized carbons (Fsp3) is 0.412. The summed E-state index contributed by atoms with van der Waals surface area (Å²) >= 11 is 0. The standard InChI is InChI=1S/C17H18N4O/c1-20-6-7-22-16-11-21(10-15(16)20)17-12(8-18)9-19-14-5-3-2-4-13(14)17/h2-5,9,15-16H,6-7,10-11H2,1H3. The molecule has 2 saturated heterocycles. The number of morpholine rings is 1. The highest BCUT2D eigenvalue weighted by Crippen LogP contribution is 2.33. The first-order valence-electron chi connectivity index (χ1n) is 7.62. The maximum atomic E-state index is 9.49. The fourth-order valence-electron chi connectivity index (χ4n) is 3.59. The van der Waals surface area contributed by atoms with Crippen molar-refractivity contribution in [3.05, 3.63) is 36.0 Å². The summed E-state index contributed by atoms with van der Waals surface area (Å²) in [6.45, 7) is 3.48. The summed E-state index contributed by atoms with van der Waals surface area (Å²) in [6.07, 6.45) is 1.90. The molecule has 2 aromatic rings. The van der Waals surface area contributed by atoms with Gasteiger partial charge in [-0.2, -0.15) is 5.26 Å². The number of hydrogen-bond acceptors (Lipinski definition) is 5. The first kappa shape index (κ1) is 13.5. The van der Waals surface area contributed by atoms with Crippen molar-refractivity contribution in [1.29, 1.82) is 5.26 Å². The highest BCUT2D eigenvalue weighted by Gasteiger charge is 2.39. The predicted octanol–water partition coefficient (Wildman–Crippen LogP) is 1.63. The van der Waals surface area contributed by atoms with Crippen LogP contribution in [0.4, 0.5) is 5.69 Å². The Balaban J connectivity index is 1.79. The molecule has 0 bridgehead atoms. The minimum Gasteiger partial charge on any atom is -0.373 e. The summed E-state index contributed by atoms with van der Waals surface area (Å²) in [4.78, 5) is 9.05. The van der Waals surface area contributed by atoms with Gasteiger partial charge in [0.1, 0.15) is 6.07 Å². The molecule has 0 saturated carbocycles. The van der Waals surface area contributed by atoms with E-state index in [0.717, 1.165) is 42.8 Å². The van der Waals surface area contributed by atoms with Gasteiger partial charge in [-0.1, -0.05) is 18.2 Å². The third-order valence-electron chi connectivity index (χ3n) is 4.76. The Morgan fingerprint density at radius 1 is 1.32 bits per heavy atom. The average Bonchev–Trinajstić information content (AvgIpc) is 2.99. The van der Waals surface area contributed by atoms with Crippen LogP contribution in [-0.2, 0) is 4.74 Å². The van der Waals surface area contributed by atoms with Crippen LogP contribution >= 0.6 is 0 Å². The van der Waals surface area contributed by atoms with Crippen molar-refractivity contribution >= 4 is 16.6 Å². The minimum absolute atomic E-state index is 0.220. The van der Waals surface area contributed by atoms with E-state index in [1.807, 2.05) is 24.3 Å². The molecule has 0 radical (unpaired) electrons. The summed E-state index contributed by atoms with van der Waals surface area (Å²) in [7, 11) is 2.15. The molecule has 0 N–H and O–H groups in total. The van der Waals surface area contributed by atoms with Crippen LogP contribution in [0.2, 0.25) is 0 Å². The lowest BCUT2D eigenvalue weighted by Gasteiger charge is -2.33. The summed E-state index contributed by atoms with van der Waals surface area (Å²) < 4.78 is 5.93. The molecule has 112 valence electrons. The van der Waals surface area contributed by atoms with Crippen LogP contribution in [0.1, 0.15) is 5.56 Å². The molecule has 0 aliphatic carbocycles. The van der Waals surface area contributed by atoms with Crippen molar-refractivity contribution < 1.29 is 4.74 Å². The van der Waals surface area contributed by atoms with Crippen LogP contribution in [0.25, 0.3) is 10.9 Å². The van der Waals surface area contributed by atoms with Gasteiger partial charge in [-0.15, -0.1) is 0 Å². The zero-order valence-corrected chi connectivity index (χ0v) is 12.6. The Labute approximate surface area is 129 Å². The number of rotatable bonds is 1. The molecule has 1 aromatic carbocycles. The van der Waals surface area contributed by atoms with Gasteiger partial charge in [-0.05, 0) is 13.1 Å². The van der Waals surface area contributed by atoms with E-state index >= 15 is 0 Å². The summed E-state index contributed by atoms with van der Waals surface area (Å²) in [5.74, 6) is 0. The average molecular weight is 294 g/mol. The van der Waals surface area contributed by atoms with Crippen molar-refractivity contribution in [1.82, 2.24) is 9.88 Å². The fourth-order valence-corrected chi connectivity index (χ4v) is 3.59. The van der Waals surface area contributed by atoms with E-state index in [-0.39, 0.29) is 6.10 Å². The summed E-state index contributed by atoms with van der Waals surface area (Å²) in [6, 6.07) is 10.7. The van der Waals surface area contributed by atoms with Gasteiger partial charge in [-0.25, -0.2) is 0 Å². The Morgan fingerprint density at radius 2 is 2.18 bits per heavy atom. The Kier molecular flexibility index (Phi) is 3.21. The van der Waals surface area contributed by atoms with Gasteiger partial charge in [0.2, 0.25) is 0 Å². The van der Waals surface area contributed by atoms with Gasteiger partial charge < -0.3 is 9.64 Å². The van der Waals surface area contributed by atoms with Crippen LogP contribution in [0, 0.1) is 11.3 Å². The smallest absolute Gasteiger partial charge is 0.103 e. The summed E-state index contributed by atoms with van der Waals surface area (Å²) in [5.41, 5.74) is 2.57. The van der Waals surface area contributed by atoms with Crippen LogP contribution in [0.5, 0.6) is 0 Å². The number of benzene rings is 1. The number of hydrogen-bond donors (Lipinski definition) is 0. The van der Waals surface area contributed by atoms with E-state index < -0.39 is 0 Å². The van der Waals surface area contributed by atoms with Crippen molar-refractivity contribution in [3.63, 3.8) is 0 Å². The zero-order valence-electron chi connectivity index (χ0n) is 12.6. The first-order chi connectivity index (χ1) is 10.8. The largest absolute Gasteiger partial charge is 0.373 e. The zero-order chi connectivity index (χ0) is 15.1. The van der Waals surface area contributed by atoms with Crippen molar-refractivity contribution in [2.45, 2.75) is 12.1 Å². The second-order valence-corrected chi connectivity index (χ2v) is 6.01. The van der Waals surface area contributed by atoms with E-state index in [2.05, 4.69) is 27.9 Å². The second kappa shape index (κ2) is 5.24. The second-order valence-electron chi connectivity index (χ2n) is 6.01. The number of pyridine rings is 1. The molecule has 22 heavy (non-hydrogen) atoms. The van der Waals surface area contributed by atoms with Gasteiger partial charge in [0.25, 0.3) is 0 Å². The van der Waals surface area contributed by atoms with Crippen molar-refractivity contribution in [2.75, 3.05) is 38.2 Å². The van der Waals surface area contributed by atoms with Gasteiger partial charge in [-0.3, -0.25) is 9.88 Å². The molecule has 2 atom stereocenters. The predicted molar refractivity (Wildman–Crippen MR) is 84.8 cm³/mol. The number of para-hydroxylation sites is 1. The lowest BCUT2D eigenvalue weighted by molar-refractivity contribution is -0.0362. The number of aromatic nitrogens is 1. The third-order valence-corrected chi connectivity index (χ3v) is 4.76. The molecular weight excluding hydrogens is 276 g/mol. The molecule has 4 rings (SSSR count). The molecule has 2 aliphatic rings. The third kappa shape index (κ3) is 2.04. The van der Waals surface area contributed by atoms with Crippen LogP contribution < -0.4 is 4.90 Å². The van der Waals surface area contributed by atoms with Crippen molar-refractivity contribution in [2.24, 2.45) is 0 Å². The Morgan fingerprint density at radius 3 is 3.00 bits per heavy atom. The normalized spacial score (nSPS) is 25.2. The van der Waals surface area contributed by atoms with Crippen LogP contribution in [0.3, 0.4) is 0 Å². The van der Waals surface area contributed by atoms with E-state index in [4.69, 9.17) is 4.74 Å². The number of nitrogens with zero attached hydrogens (tertiary/aromatic N) is 4. The summed E-state index contributed by atoms with van der Waals surface area (Å²) in [5, 5.41) is 10.5. The monoisotopic (exact) mass is 294 g/mol. The molecule has 1 aromatic heterocycles. The molecule has 0 spiro atoms. The SMILES string of the molecule is CN1CCOC2CN(c3c(C#N)cnc4ccccc34)CC21. The van der Waals surface area contributed by atoms with E-state index in [0.29, 0.717) is 11.6 Å². The topological polar surface area (TPSA) is 52.4 Å². The quantitative estimate of drug-likeness (QED) is 0.800. The van der Waals surface area contributed by atoms with E-state index in [1.54, 1.807) is 6.20 Å². The Hall–Kier alpha value is -2.16. The minimum atomic E-state index is 0.220. The first-order valence-corrected chi connectivity index (χ1v) is 7.62. The number of fused-ring (bicyclic) bond motifs is 2. The van der Waals surface area contributed by atoms with Gasteiger partial charge in [0, 0.05) is 31.2 Å². The van der Waals surface area contributed by atoms with Gasteiger partial charge in [0.15, 0.2) is 0 Å². The Bertz CT molecular complexity index is 754. The molecule has 5 nitrogen and oxygen atoms in total. The van der Waals surface area contributed by atoms with Gasteiger partial charge >= 0.3 is 0 Å². The molecule has 2 unspecified atom stereocenters. The molecule has 2 aliphatic heterocycles. The number of anilines is 1. The van der Waals surface area contributed by atoms with Crippen LogP contribution in [-0.4, -0.2) is 55.3 Å². The highest BCUT2D eigenvalue weighted by atomic mass is 16.5.